The predicted molar refractivity (Wildman–Crippen MR) is 82.4 cm³/mol. The van der Waals surface area contributed by atoms with Crippen LogP contribution in [0.2, 0.25) is 0 Å². The third-order valence-electron chi connectivity index (χ3n) is 3.00. The molecule has 2 rings (SSSR count). The maximum absolute atomic E-state index is 12.6. The Morgan fingerprint density at radius 3 is 2.58 bits per heavy atom. The van der Waals surface area contributed by atoms with Gasteiger partial charge in [-0.1, -0.05) is 13.8 Å². The van der Waals surface area contributed by atoms with Crippen molar-refractivity contribution in [3.8, 4) is 0 Å². The first kappa shape index (κ1) is 15.3. The van der Waals surface area contributed by atoms with Crippen molar-refractivity contribution in [1.29, 1.82) is 0 Å². The normalized spacial score (nSPS) is 25.6. The van der Waals surface area contributed by atoms with Crippen molar-refractivity contribution >= 4 is 33.1 Å². The second-order valence-electron chi connectivity index (χ2n) is 4.86. The monoisotopic (exact) mass is 320 g/mol. The molecule has 0 saturated carbocycles. The highest BCUT2D eigenvalue weighted by molar-refractivity contribution is 8.00. The average molecular weight is 321 g/mol. The van der Waals surface area contributed by atoms with Crippen molar-refractivity contribution in [2.75, 3.05) is 20.1 Å². The van der Waals surface area contributed by atoms with Gasteiger partial charge in [0.05, 0.1) is 4.90 Å². The predicted octanol–water partition coefficient (Wildman–Crippen LogP) is 1.98. The highest BCUT2D eigenvalue weighted by Gasteiger charge is 2.32. The lowest BCUT2D eigenvalue weighted by Gasteiger charge is -2.33. The van der Waals surface area contributed by atoms with Crippen molar-refractivity contribution < 1.29 is 8.42 Å². The number of hydrogen-bond donors (Lipinski definition) is 1. The van der Waals surface area contributed by atoms with Crippen LogP contribution < -0.4 is 5.32 Å². The van der Waals surface area contributed by atoms with Gasteiger partial charge in [-0.05, 0) is 13.1 Å². The summed E-state index contributed by atoms with van der Waals surface area (Å²) in [7, 11) is -1.46. The van der Waals surface area contributed by atoms with Gasteiger partial charge in [-0.3, -0.25) is 0 Å². The van der Waals surface area contributed by atoms with E-state index in [2.05, 4.69) is 19.2 Å². The fourth-order valence-electron chi connectivity index (χ4n) is 2.24. The van der Waals surface area contributed by atoms with E-state index in [1.807, 2.05) is 18.8 Å². The van der Waals surface area contributed by atoms with Gasteiger partial charge in [0.15, 0.2) is 0 Å². The summed E-state index contributed by atoms with van der Waals surface area (Å²) >= 11 is 3.35. The quantitative estimate of drug-likeness (QED) is 0.922. The molecule has 0 amide bonds. The summed E-state index contributed by atoms with van der Waals surface area (Å²) in [6.45, 7) is 6.09. The molecule has 1 aliphatic heterocycles. The Hall–Kier alpha value is -0.0800. The van der Waals surface area contributed by atoms with Crippen molar-refractivity contribution in [3.05, 3.63) is 16.3 Å². The molecule has 7 heteroatoms. The van der Waals surface area contributed by atoms with E-state index in [1.165, 1.54) is 11.3 Å². The maximum Gasteiger partial charge on any atom is 0.243 e. The molecule has 1 aromatic heterocycles. The van der Waals surface area contributed by atoms with Gasteiger partial charge < -0.3 is 5.32 Å². The van der Waals surface area contributed by atoms with E-state index >= 15 is 0 Å². The van der Waals surface area contributed by atoms with Crippen LogP contribution in [0.4, 0.5) is 0 Å². The number of thioether (sulfide) groups is 1. The largest absolute Gasteiger partial charge is 0.315 e. The highest BCUT2D eigenvalue weighted by atomic mass is 32.2. The van der Waals surface area contributed by atoms with Gasteiger partial charge in [-0.25, -0.2) is 8.42 Å². The van der Waals surface area contributed by atoms with Crippen LogP contribution in [0, 0.1) is 0 Å². The Labute approximate surface area is 123 Å². The average Bonchev–Trinajstić information content (AvgIpc) is 2.77. The standard InChI is InChI=1S/C12H20N2O2S3/c1-9-6-14(7-10(2)18-9)19(15,16)12-4-11(5-13-3)17-8-12/h4,8-10,13H,5-7H2,1-3H3. The highest BCUT2D eigenvalue weighted by Crippen LogP contribution is 2.30. The van der Waals surface area contributed by atoms with Gasteiger partial charge in [0, 0.05) is 40.4 Å². The molecule has 4 nitrogen and oxygen atoms in total. The summed E-state index contributed by atoms with van der Waals surface area (Å²) in [4.78, 5) is 1.49. The Balaban J connectivity index is 2.20. The Morgan fingerprint density at radius 1 is 1.37 bits per heavy atom. The molecule has 19 heavy (non-hydrogen) atoms. The minimum absolute atomic E-state index is 0.355. The molecule has 2 heterocycles. The summed E-state index contributed by atoms with van der Waals surface area (Å²) in [6.07, 6.45) is 0. The SMILES string of the molecule is CNCc1cc(S(=O)(=O)N2CC(C)SC(C)C2)cs1. The number of sulfonamides is 1. The van der Waals surface area contributed by atoms with Gasteiger partial charge in [0.1, 0.15) is 0 Å². The van der Waals surface area contributed by atoms with E-state index in [0.717, 1.165) is 4.88 Å². The Kier molecular flexibility index (Phi) is 4.94. The number of nitrogens with zero attached hydrogens (tertiary/aromatic N) is 1. The molecular weight excluding hydrogens is 300 g/mol. The van der Waals surface area contributed by atoms with Crippen LogP contribution in [0.1, 0.15) is 18.7 Å². The van der Waals surface area contributed by atoms with Crippen LogP contribution in [-0.4, -0.2) is 43.4 Å². The van der Waals surface area contributed by atoms with Gasteiger partial charge in [-0.2, -0.15) is 16.1 Å². The summed E-state index contributed by atoms with van der Waals surface area (Å²) < 4.78 is 26.8. The number of nitrogens with one attached hydrogen (secondary N) is 1. The number of rotatable bonds is 4. The van der Waals surface area contributed by atoms with E-state index in [0.29, 0.717) is 35.0 Å². The molecule has 1 saturated heterocycles. The Morgan fingerprint density at radius 2 is 2.00 bits per heavy atom. The zero-order valence-corrected chi connectivity index (χ0v) is 13.9. The maximum atomic E-state index is 12.6. The second kappa shape index (κ2) is 6.13. The molecule has 108 valence electrons. The van der Waals surface area contributed by atoms with Crippen LogP contribution in [0.3, 0.4) is 0 Å². The molecule has 0 aromatic carbocycles. The molecule has 0 radical (unpaired) electrons. The summed E-state index contributed by atoms with van der Waals surface area (Å²) in [5.41, 5.74) is 0. The lowest BCUT2D eigenvalue weighted by atomic mass is 10.4. The van der Waals surface area contributed by atoms with Crippen LogP contribution in [-0.2, 0) is 16.6 Å². The Bertz CT molecular complexity index is 517. The van der Waals surface area contributed by atoms with Crippen LogP contribution in [0.25, 0.3) is 0 Å². The summed E-state index contributed by atoms with van der Waals surface area (Å²) in [6, 6.07) is 1.79. The molecule has 1 aliphatic rings. The molecular formula is C12H20N2O2S3. The zero-order valence-electron chi connectivity index (χ0n) is 11.4. The molecule has 0 aliphatic carbocycles. The molecule has 1 aromatic rings. The molecule has 1 N–H and O–H groups in total. The van der Waals surface area contributed by atoms with E-state index in [1.54, 1.807) is 15.8 Å². The molecule has 0 bridgehead atoms. The van der Waals surface area contributed by atoms with E-state index in [-0.39, 0.29) is 0 Å². The first-order chi connectivity index (χ1) is 8.93. The van der Waals surface area contributed by atoms with Gasteiger partial charge >= 0.3 is 0 Å². The lowest BCUT2D eigenvalue weighted by molar-refractivity contribution is 0.405. The number of thiophene rings is 1. The van der Waals surface area contributed by atoms with Crippen molar-refractivity contribution in [2.45, 2.75) is 35.8 Å². The summed E-state index contributed by atoms with van der Waals surface area (Å²) in [5, 5.41) is 5.50. The molecule has 2 atom stereocenters. The van der Waals surface area contributed by atoms with E-state index in [9.17, 15) is 8.42 Å². The van der Waals surface area contributed by atoms with Crippen LogP contribution in [0.5, 0.6) is 0 Å². The van der Waals surface area contributed by atoms with Gasteiger partial charge in [-0.15, -0.1) is 11.3 Å². The van der Waals surface area contributed by atoms with Crippen molar-refractivity contribution in [1.82, 2.24) is 9.62 Å². The fraction of sp³-hybridized carbons (Fsp3) is 0.667. The first-order valence-electron chi connectivity index (χ1n) is 6.31. The third-order valence-corrected chi connectivity index (χ3v) is 7.13. The third kappa shape index (κ3) is 3.52. The second-order valence-corrected chi connectivity index (χ2v) is 9.67. The van der Waals surface area contributed by atoms with E-state index < -0.39 is 10.0 Å². The molecule has 0 spiro atoms. The number of hydrogen-bond acceptors (Lipinski definition) is 5. The van der Waals surface area contributed by atoms with Crippen molar-refractivity contribution in [3.63, 3.8) is 0 Å². The minimum atomic E-state index is -3.32. The zero-order chi connectivity index (χ0) is 14.0. The van der Waals surface area contributed by atoms with Crippen LogP contribution in [0.15, 0.2) is 16.3 Å². The topological polar surface area (TPSA) is 49.4 Å². The summed E-state index contributed by atoms with van der Waals surface area (Å²) in [5.74, 6) is 0. The molecule has 2 unspecified atom stereocenters. The lowest BCUT2D eigenvalue weighted by Crippen LogP contribution is -2.43. The smallest absolute Gasteiger partial charge is 0.243 e. The first-order valence-corrected chi connectivity index (χ1v) is 9.57. The van der Waals surface area contributed by atoms with E-state index in [4.69, 9.17) is 0 Å². The van der Waals surface area contributed by atoms with Gasteiger partial charge in [0.25, 0.3) is 0 Å². The fourth-order valence-corrected chi connectivity index (χ4v) is 6.65. The van der Waals surface area contributed by atoms with Crippen molar-refractivity contribution in [2.24, 2.45) is 0 Å². The molecule has 1 fully saturated rings. The van der Waals surface area contributed by atoms with Gasteiger partial charge in [0.2, 0.25) is 10.0 Å². The van der Waals surface area contributed by atoms with Crippen LogP contribution >= 0.6 is 23.1 Å². The minimum Gasteiger partial charge on any atom is -0.315 e.